The summed E-state index contributed by atoms with van der Waals surface area (Å²) in [5.74, 6) is -4.63. The molecule has 3 heterocycles. The second kappa shape index (κ2) is 9.82. The molecule has 196 valence electrons. The molecule has 2 aliphatic heterocycles. The van der Waals surface area contributed by atoms with Crippen molar-refractivity contribution in [1.29, 1.82) is 0 Å². The van der Waals surface area contributed by atoms with Gasteiger partial charge in [-0.15, -0.1) is 0 Å². The van der Waals surface area contributed by atoms with Crippen molar-refractivity contribution >= 4 is 28.6 Å². The highest BCUT2D eigenvalue weighted by atomic mass is 19.3. The minimum Gasteiger partial charge on any atom is -0.444 e. The lowest BCUT2D eigenvalue weighted by molar-refractivity contribution is -0.135. The molecule has 1 N–H and O–H groups in total. The molecular formula is C27H36F2N4O3. The van der Waals surface area contributed by atoms with Gasteiger partial charge in [-0.1, -0.05) is 6.07 Å². The van der Waals surface area contributed by atoms with Crippen molar-refractivity contribution in [3.63, 3.8) is 0 Å². The fraction of sp³-hybridized carbons (Fsp3) is 0.593. The molecule has 2 atom stereocenters. The largest absolute Gasteiger partial charge is 0.444 e. The minimum absolute atomic E-state index is 0.0537. The Labute approximate surface area is 211 Å². The first-order valence-electron chi connectivity index (χ1n) is 12.6. The summed E-state index contributed by atoms with van der Waals surface area (Å²) in [6.07, 6.45) is 1.61. The van der Waals surface area contributed by atoms with Gasteiger partial charge in [-0.2, -0.15) is 0 Å². The maximum absolute atomic E-state index is 14.8. The Bertz CT molecular complexity index is 1150. The van der Waals surface area contributed by atoms with Gasteiger partial charge in [0, 0.05) is 55.3 Å². The third-order valence-corrected chi connectivity index (χ3v) is 7.00. The molecule has 2 saturated heterocycles. The number of halogens is 2. The Morgan fingerprint density at radius 3 is 2.58 bits per heavy atom. The summed E-state index contributed by atoms with van der Waals surface area (Å²) >= 11 is 0. The molecule has 9 heteroatoms. The molecule has 2 fully saturated rings. The fourth-order valence-corrected chi connectivity index (χ4v) is 5.14. The average Bonchev–Trinajstić information content (AvgIpc) is 3.22. The number of aromatic nitrogens is 1. The van der Waals surface area contributed by atoms with Crippen molar-refractivity contribution in [1.82, 2.24) is 15.2 Å². The van der Waals surface area contributed by atoms with E-state index in [4.69, 9.17) is 4.74 Å². The number of pyridine rings is 1. The van der Waals surface area contributed by atoms with E-state index in [0.717, 1.165) is 45.6 Å². The van der Waals surface area contributed by atoms with E-state index < -0.39 is 30.1 Å². The standard InChI is InChI=1S/C27H36F2N4O3/c1-17-8-11-30-24-18(2)6-7-21(23(17)24)32-13-10-20(15-32)31-22(34)14-19-9-12-33(16-27(19,28)29)25(35)36-26(3,4)5/h6-8,11,19-20H,9-10,12-16H2,1-5H3,(H,31,34). The molecule has 0 bridgehead atoms. The van der Waals surface area contributed by atoms with Gasteiger partial charge in [-0.25, -0.2) is 13.6 Å². The van der Waals surface area contributed by atoms with Crippen molar-refractivity contribution in [3.8, 4) is 0 Å². The summed E-state index contributed by atoms with van der Waals surface area (Å²) in [6.45, 7) is 10.00. The minimum atomic E-state index is -3.15. The lowest BCUT2D eigenvalue weighted by Crippen LogP contribution is -2.53. The van der Waals surface area contributed by atoms with E-state index in [9.17, 15) is 18.4 Å². The molecule has 0 spiro atoms. The first-order chi connectivity index (χ1) is 16.8. The van der Waals surface area contributed by atoms with Crippen LogP contribution in [-0.4, -0.2) is 65.6 Å². The monoisotopic (exact) mass is 502 g/mol. The van der Waals surface area contributed by atoms with E-state index >= 15 is 0 Å². The quantitative estimate of drug-likeness (QED) is 0.648. The molecule has 1 aromatic heterocycles. The van der Waals surface area contributed by atoms with Crippen LogP contribution in [0.15, 0.2) is 24.4 Å². The zero-order chi connectivity index (χ0) is 26.3. The first-order valence-corrected chi connectivity index (χ1v) is 12.6. The Morgan fingerprint density at radius 2 is 1.89 bits per heavy atom. The summed E-state index contributed by atoms with van der Waals surface area (Å²) in [5, 5.41) is 4.08. The number of benzene rings is 1. The molecular weight excluding hydrogens is 466 g/mol. The second-order valence-electron chi connectivity index (χ2n) is 11.1. The van der Waals surface area contributed by atoms with Crippen LogP contribution < -0.4 is 10.2 Å². The summed E-state index contributed by atoms with van der Waals surface area (Å²) in [6, 6.07) is 6.04. The van der Waals surface area contributed by atoms with Gasteiger partial charge in [0.25, 0.3) is 5.92 Å². The van der Waals surface area contributed by atoms with Gasteiger partial charge in [0.15, 0.2) is 0 Å². The number of alkyl halides is 2. The fourth-order valence-electron chi connectivity index (χ4n) is 5.14. The van der Waals surface area contributed by atoms with Crippen LogP contribution in [0.2, 0.25) is 0 Å². The first kappa shape index (κ1) is 26.1. The van der Waals surface area contributed by atoms with E-state index in [0.29, 0.717) is 6.54 Å². The number of hydrogen-bond donors (Lipinski definition) is 1. The van der Waals surface area contributed by atoms with E-state index in [1.54, 1.807) is 20.8 Å². The second-order valence-corrected chi connectivity index (χ2v) is 11.1. The molecule has 2 amide bonds. The third-order valence-electron chi connectivity index (χ3n) is 7.00. The number of amides is 2. The number of hydrogen-bond acceptors (Lipinski definition) is 5. The number of piperidine rings is 1. The smallest absolute Gasteiger partial charge is 0.410 e. The summed E-state index contributed by atoms with van der Waals surface area (Å²) in [5.41, 5.74) is 3.56. The molecule has 0 aliphatic carbocycles. The molecule has 2 aromatic rings. The number of rotatable bonds is 4. The number of carbonyl (C=O) groups is 2. The molecule has 0 radical (unpaired) electrons. The predicted molar refractivity (Wildman–Crippen MR) is 135 cm³/mol. The Hall–Kier alpha value is -2.97. The molecule has 0 saturated carbocycles. The van der Waals surface area contributed by atoms with Crippen LogP contribution in [0.3, 0.4) is 0 Å². The SMILES string of the molecule is Cc1ccc(N2CCC(NC(=O)CC3CCN(C(=O)OC(C)(C)C)CC3(F)F)C2)c2c(C)ccnc12. The van der Waals surface area contributed by atoms with Gasteiger partial charge >= 0.3 is 6.09 Å². The number of ether oxygens (including phenoxy) is 1. The normalized spacial score (nSPS) is 22.1. The van der Waals surface area contributed by atoms with Crippen molar-refractivity contribution in [3.05, 3.63) is 35.5 Å². The number of anilines is 1. The highest BCUT2D eigenvalue weighted by molar-refractivity contribution is 5.96. The van der Waals surface area contributed by atoms with Gasteiger partial charge < -0.3 is 19.9 Å². The van der Waals surface area contributed by atoms with Crippen LogP contribution in [0.1, 0.15) is 51.2 Å². The third kappa shape index (κ3) is 5.71. The highest BCUT2D eigenvalue weighted by Crippen LogP contribution is 2.36. The topological polar surface area (TPSA) is 74.8 Å². The summed E-state index contributed by atoms with van der Waals surface area (Å²) in [7, 11) is 0. The van der Waals surface area contributed by atoms with Gasteiger partial charge in [0.05, 0.1) is 12.1 Å². The van der Waals surface area contributed by atoms with Crippen molar-refractivity contribution in [2.24, 2.45) is 5.92 Å². The van der Waals surface area contributed by atoms with Gasteiger partial charge in [0.1, 0.15) is 5.60 Å². The van der Waals surface area contributed by atoms with Crippen LogP contribution in [0.25, 0.3) is 10.9 Å². The van der Waals surface area contributed by atoms with Crippen LogP contribution in [0.4, 0.5) is 19.3 Å². The Balaban J connectivity index is 1.34. The number of nitrogens with one attached hydrogen (secondary N) is 1. The molecule has 36 heavy (non-hydrogen) atoms. The summed E-state index contributed by atoms with van der Waals surface area (Å²) in [4.78, 5) is 32.8. The van der Waals surface area contributed by atoms with Crippen molar-refractivity contribution < 1.29 is 23.1 Å². The van der Waals surface area contributed by atoms with Crippen molar-refractivity contribution in [2.75, 3.05) is 31.1 Å². The van der Waals surface area contributed by atoms with Crippen LogP contribution >= 0.6 is 0 Å². The number of nitrogens with zero attached hydrogens (tertiary/aromatic N) is 3. The van der Waals surface area contributed by atoms with Crippen LogP contribution in [0, 0.1) is 19.8 Å². The summed E-state index contributed by atoms with van der Waals surface area (Å²) < 4.78 is 34.9. The number of likely N-dealkylation sites (tertiary alicyclic amines) is 1. The molecule has 4 rings (SSSR count). The average molecular weight is 503 g/mol. The number of fused-ring (bicyclic) bond motifs is 1. The van der Waals surface area contributed by atoms with Crippen molar-refractivity contribution in [2.45, 2.75) is 71.4 Å². The molecule has 7 nitrogen and oxygen atoms in total. The molecule has 2 aliphatic rings. The maximum Gasteiger partial charge on any atom is 0.410 e. The van der Waals surface area contributed by atoms with Gasteiger partial charge in [-0.05, 0) is 70.7 Å². The molecule has 1 aromatic carbocycles. The van der Waals surface area contributed by atoms with E-state index in [2.05, 4.69) is 34.3 Å². The number of carbonyl (C=O) groups excluding carboxylic acids is 2. The van der Waals surface area contributed by atoms with Crippen LogP contribution in [0.5, 0.6) is 0 Å². The van der Waals surface area contributed by atoms with Gasteiger partial charge in [-0.3, -0.25) is 9.78 Å². The van der Waals surface area contributed by atoms with Crippen LogP contribution in [-0.2, 0) is 9.53 Å². The molecule has 2 unspecified atom stereocenters. The number of aryl methyl sites for hydroxylation is 2. The van der Waals surface area contributed by atoms with Gasteiger partial charge in [0.2, 0.25) is 5.91 Å². The van der Waals surface area contributed by atoms with E-state index in [1.165, 1.54) is 0 Å². The zero-order valence-electron chi connectivity index (χ0n) is 21.7. The lowest BCUT2D eigenvalue weighted by Gasteiger charge is -2.38. The maximum atomic E-state index is 14.8. The van der Waals surface area contributed by atoms with E-state index in [1.807, 2.05) is 19.2 Å². The highest BCUT2D eigenvalue weighted by Gasteiger charge is 2.47. The lowest BCUT2D eigenvalue weighted by atomic mass is 9.89. The predicted octanol–water partition coefficient (Wildman–Crippen LogP) is 4.83. The Morgan fingerprint density at radius 1 is 1.14 bits per heavy atom. The zero-order valence-corrected chi connectivity index (χ0v) is 21.7. The van der Waals surface area contributed by atoms with E-state index in [-0.39, 0.29) is 31.3 Å². The Kier molecular flexibility index (Phi) is 7.12.